The summed E-state index contributed by atoms with van der Waals surface area (Å²) in [5.41, 5.74) is 0. The third kappa shape index (κ3) is 20.9. The molecule has 0 aromatic rings. The summed E-state index contributed by atoms with van der Waals surface area (Å²) in [5.74, 6) is 0. The molecule has 25 heavy (non-hydrogen) atoms. The first-order valence-corrected chi connectivity index (χ1v) is 11.6. The van der Waals surface area contributed by atoms with Crippen LogP contribution in [-0.4, -0.2) is 22.3 Å². The molecule has 0 amide bonds. The summed E-state index contributed by atoms with van der Waals surface area (Å²) in [6.07, 6.45) is 22.0. The number of rotatable bonds is 18. The molecular weight excluding hydrogens is 394 g/mol. The van der Waals surface area contributed by atoms with Gasteiger partial charge in [-0.25, -0.2) is 0 Å². The fraction of sp³-hybridized carbons (Fsp3) is 0.952. The summed E-state index contributed by atoms with van der Waals surface area (Å²) in [5, 5.41) is 0. The van der Waals surface area contributed by atoms with Gasteiger partial charge in [-0.05, 0) is 12.8 Å². The minimum atomic E-state index is 0. The van der Waals surface area contributed by atoms with Crippen molar-refractivity contribution in [2.24, 2.45) is 0 Å². The Bertz CT molecular complexity index is 255. The van der Waals surface area contributed by atoms with Gasteiger partial charge in [-0.2, -0.15) is 0 Å². The van der Waals surface area contributed by atoms with Crippen molar-refractivity contribution in [1.82, 2.24) is 4.90 Å². The maximum absolute atomic E-state index is 5.30. The van der Waals surface area contributed by atoms with E-state index in [1.165, 1.54) is 103 Å². The van der Waals surface area contributed by atoms with E-state index in [-0.39, 0.29) is 17.1 Å². The number of thiol groups is 1. The Kier molecular flexibility index (Phi) is 25.5. The first-order valence-electron chi connectivity index (χ1n) is 10.7. The van der Waals surface area contributed by atoms with Crippen molar-refractivity contribution >= 4 is 29.2 Å². The number of nitrogens with zero attached hydrogens (tertiary/aromatic N) is 1. The molecule has 0 fully saturated rings. The Morgan fingerprint density at radius 1 is 0.600 bits per heavy atom. The van der Waals surface area contributed by atoms with Crippen molar-refractivity contribution in [3.8, 4) is 0 Å². The minimum absolute atomic E-state index is 0. The van der Waals surface area contributed by atoms with Crippen LogP contribution in [0.3, 0.4) is 0 Å². The number of hydrogen-bond acceptors (Lipinski definition) is 1. The molecule has 0 saturated heterocycles. The van der Waals surface area contributed by atoms with Crippen LogP contribution >= 0.6 is 24.8 Å². The molecule has 0 aliphatic heterocycles. The first kappa shape index (κ1) is 28.0. The van der Waals surface area contributed by atoms with E-state index < -0.39 is 0 Å². The maximum atomic E-state index is 5.30. The van der Waals surface area contributed by atoms with Crippen LogP contribution in [-0.2, 0) is 17.1 Å². The first-order chi connectivity index (χ1) is 11.7. The molecule has 0 N–H and O–H groups in total. The van der Waals surface area contributed by atoms with Crippen LogP contribution < -0.4 is 0 Å². The van der Waals surface area contributed by atoms with E-state index in [0.29, 0.717) is 0 Å². The van der Waals surface area contributed by atoms with Gasteiger partial charge in [-0.3, -0.25) is 0 Å². The predicted octanol–water partition coefficient (Wildman–Crippen LogP) is 7.78. The molecule has 155 valence electrons. The van der Waals surface area contributed by atoms with Crippen LogP contribution in [0.4, 0.5) is 0 Å². The molecule has 0 atom stereocenters. The van der Waals surface area contributed by atoms with Gasteiger partial charge < -0.3 is 4.90 Å². The van der Waals surface area contributed by atoms with Gasteiger partial charge in [-0.15, -0.1) is 12.6 Å². The quantitative estimate of drug-likeness (QED) is 0.101. The minimum Gasteiger partial charge on any atom is -0.358 e. The van der Waals surface area contributed by atoms with E-state index in [0.717, 1.165) is 17.4 Å². The molecule has 0 bridgehead atoms. The molecule has 1 radical (unpaired) electrons. The van der Waals surface area contributed by atoms with E-state index in [9.17, 15) is 0 Å². The van der Waals surface area contributed by atoms with Crippen LogP contribution in [0.2, 0.25) is 0 Å². The largest absolute Gasteiger partial charge is 0.358 e. The second-order valence-electron chi connectivity index (χ2n) is 7.22. The van der Waals surface area contributed by atoms with Crippen LogP contribution in [0.25, 0.3) is 0 Å². The molecule has 0 spiro atoms. The summed E-state index contributed by atoms with van der Waals surface area (Å²) in [7, 11) is 0. The van der Waals surface area contributed by atoms with E-state index in [2.05, 4.69) is 31.4 Å². The average molecular weight is 437 g/mol. The average Bonchev–Trinajstić information content (AvgIpc) is 2.57. The Hall–Kier alpha value is 0.759. The van der Waals surface area contributed by atoms with Crippen molar-refractivity contribution < 1.29 is 17.1 Å². The second kappa shape index (κ2) is 22.8. The van der Waals surface area contributed by atoms with Crippen LogP contribution in [0.15, 0.2) is 0 Å². The molecule has 4 heteroatoms. The summed E-state index contributed by atoms with van der Waals surface area (Å²) in [4.78, 5) is 2.31. The van der Waals surface area contributed by atoms with Gasteiger partial charge in [-0.1, -0.05) is 116 Å². The Morgan fingerprint density at radius 3 is 1.16 bits per heavy atom. The summed E-state index contributed by atoms with van der Waals surface area (Å²) >= 11 is 9.72. The molecule has 1 nitrogen and oxygen atoms in total. The van der Waals surface area contributed by atoms with Gasteiger partial charge in [0, 0.05) is 30.2 Å². The fourth-order valence-electron chi connectivity index (χ4n) is 3.18. The predicted molar refractivity (Wildman–Crippen MR) is 118 cm³/mol. The Morgan fingerprint density at radius 2 is 0.880 bits per heavy atom. The van der Waals surface area contributed by atoms with Crippen molar-refractivity contribution in [1.29, 1.82) is 0 Å². The molecule has 0 heterocycles. The van der Waals surface area contributed by atoms with Gasteiger partial charge in [0.25, 0.3) is 0 Å². The standard InChI is InChI=1S/C21H43NS2.Cu/c1-3-5-7-9-11-13-15-17-19-22(21(23)24)20-18-16-14-12-10-8-6-4-2;/h3-20H2,1-2H3,(H,23,24);. The van der Waals surface area contributed by atoms with Crippen molar-refractivity contribution in [3.63, 3.8) is 0 Å². The van der Waals surface area contributed by atoms with Crippen molar-refractivity contribution in [2.75, 3.05) is 13.1 Å². The third-order valence-corrected chi connectivity index (χ3v) is 5.37. The summed E-state index contributed by atoms with van der Waals surface area (Å²) < 4.78 is 0.792. The van der Waals surface area contributed by atoms with Crippen molar-refractivity contribution in [2.45, 2.75) is 117 Å². The van der Waals surface area contributed by atoms with E-state index >= 15 is 0 Å². The molecular formula is C21H43CuNS2. The van der Waals surface area contributed by atoms with Gasteiger partial charge in [0.1, 0.15) is 4.32 Å². The molecule has 0 saturated carbocycles. The Balaban J connectivity index is 0. The van der Waals surface area contributed by atoms with E-state index in [1.807, 2.05) is 0 Å². The van der Waals surface area contributed by atoms with Gasteiger partial charge in [0.05, 0.1) is 0 Å². The molecule has 0 unspecified atom stereocenters. The maximum Gasteiger partial charge on any atom is 0.133 e. The second-order valence-corrected chi connectivity index (χ2v) is 8.33. The van der Waals surface area contributed by atoms with Crippen molar-refractivity contribution in [3.05, 3.63) is 0 Å². The van der Waals surface area contributed by atoms with Gasteiger partial charge in [0.2, 0.25) is 0 Å². The topological polar surface area (TPSA) is 3.24 Å². The zero-order valence-electron chi connectivity index (χ0n) is 16.8. The molecule has 0 aromatic carbocycles. The Labute approximate surface area is 180 Å². The van der Waals surface area contributed by atoms with Crippen LogP contribution in [0.5, 0.6) is 0 Å². The monoisotopic (exact) mass is 436 g/mol. The molecule has 0 aliphatic rings. The fourth-order valence-corrected chi connectivity index (χ4v) is 3.56. The van der Waals surface area contributed by atoms with Crippen LogP contribution in [0.1, 0.15) is 117 Å². The summed E-state index contributed by atoms with van der Waals surface area (Å²) in [6.45, 7) is 6.77. The molecule has 0 aromatic heterocycles. The smallest absolute Gasteiger partial charge is 0.133 e. The van der Waals surface area contributed by atoms with Gasteiger partial charge in [0.15, 0.2) is 0 Å². The molecule has 0 aliphatic carbocycles. The normalized spacial score (nSPS) is 10.5. The number of thiocarbonyl (C=S) groups is 1. The number of unbranched alkanes of at least 4 members (excludes halogenated alkanes) is 14. The SMILES string of the molecule is CCCCCCCCCCN(CCCCCCCCCC)C(=S)S.[Cu]. The van der Waals surface area contributed by atoms with Gasteiger partial charge >= 0.3 is 0 Å². The van der Waals surface area contributed by atoms with E-state index in [4.69, 9.17) is 12.2 Å². The summed E-state index contributed by atoms with van der Waals surface area (Å²) in [6, 6.07) is 0. The third-order valence-electron chi connectivity index (χ3n) is 4.83. The zero-order valence-corrected chi connectivity index (χ0v) is 19.5. The zero-order chi connectivity index (χ0) is 17.9. The van der Waals surface area contributed by atoms with E-state index in [1.54, 1.807) is 0 Å². The van der Waals surface area contributed by atoms with Crippen LogP contribution in [0, 0.1) is 0 Å². The molecule has 0 rings (SSSR count). The number of hydrogen-bond donors (Lipinski definition) is 1.